The van der Waals surface area contributed by atoms with E-state index in [1.165, 1.54) is 47.4 Å². The van der Waals surface area contributed by atoms with Gasteiger partial charge in [-0.3, -0.25) is 14.4 Å². The average molecular weight is 653 g/mol. The molecule has 3 aromatic carbocycles. The first-order valence-corrected chi connectivity index (χ1v) is 16.2. The van der Waals surface area contributed by atoms with Crippen LogP contribution in [0.1, 0.15) is 23.6 Å². The molecular weight excluding hydrogens is 619 g/mol. The maximum Gasteiger partial charge on any atom is 0.319 e. The zero-order valence-electron chi connectivity index (χ0n) is 24.7. The van der Waals surface area contributed by atoms with Gasteiger partial charge in [-0.15, -0.1) is 0 Å². The summed E-state index contributed by atoms with van der Waals surface area (Å²) in [6.07, 6.45) is -0.547. The molecule has 5 rings (SSSR count). The number of ether oxygens (including phenoxy) is 1. The number of likely N-dealkylation sites (tertiary alicyclic amines) is 1. The topological polar surface area (TPSA) is 162 Å². The minimum Gasteiger partial charge on any atom is -0.481 e. The number of nitrogens with zero attached hydrogens (tertiary/aromatic N) is 2. The number of carboxylic acid groups (broad SMARTS) is 1. The molecular formula is C32H33FN4O8S. The molecule has 2 fully saturated rings. The lowest BCUT2D eigenvalue weighted by atomic mass is 10.0. The van der Waals surface area contributed by atoms with E-state index in [9.17, 15) is 27.6 Å². The van der Waals surface area contributed by atoms with Gasteiger partial charge in [0.05, 0.1) is 42.4 Å². The molecule has 0 radical (unpaired) electrons. The maximum atomic E-state index is 15.4. The summed E-state index contributed by atoms with van der Waals surface area (Å²) in [7, 11) is -4.20. The molecule has 0 aliphatic carbocycles. The van der Waals surface area contributed by atoms with Gasteiger partial charge in [-0.25, -0.2) is 17.6 Å². The Morgan fingerprint density at radius 3 is 2.33 bits per heavy atom. The van der Waals surface area contributed by atoms with Crippen molar-refractivity contribution in [3.63, 3.8) is 0 Å². The molecule has 14 heteroatoms. The van der Waals surface area contributed by atoms with Gasteiger partial charge < -0.3 is 30.3 Å². The monoisotopic (exact) mass is 652 g/mol. The molecule has 3 unspecified atom stereocenters. The van der Waals surface area contributed by atoms with Gasteiger partial charge in [0.25, 0.3) is 0 Å². The Hall–Kier alpha value is -4.82. The summed E-state index contributed by atoms with van der Waals surface area (Å²) in [4.78, 5) is 54.3. The standard InChI is InChI=1S/C32H33FN4O8S/c33-25-12-5-4-11-24(25)30-27(46(43,44)23-9-2-1-3-10-23)19-26(31(41)36-13-15-45-16-14-36)37(30)28(38)20-34-32(42)35-22-8-6-7-21(17-22)18-29(39)40/h1-12,17,26-27,30H,13-16,18-20H2,(H,39,40)(H2,34,35,42). The normalized spacial score (nSPS) is 19.8. The second-order valence-corrected chi connectivity index (χ2v) is 13.1. The number of hydrogen-bond acceptors (Lipinski definition) is 7. The zero-order valence-corrected chi connectivity index (χ0v) is 25.5. The van der Waals surface area contributed by atoms with E-state index >= 15 is 4.39 Å². The number of hydrogen-bond donors (Lipinski definition) is 3. The fourth-order valence-corrected chi connectivity index (χ4v) is 7.82. The van der Waals surface area contributed by atoms with Crippen LogP contribution in [-0.2, 0) is 35.4 Å². The van der Waals surface area contributed by atoms with Crippen LogP contribution in [0.4, 0.5) is 14.9 Å². The molecule has 0 aromatic heterocycles. The number of carbonyl (C=O) groups is 4. The van der Waals surface area contributed by atoms with Crippen LogP contribution < -0.4 is 10.6 Å². The number of halogens is 1. The van der Waals surface area contributed by atoms with Gasteiger partial charge in [0.1, 0.15) is 11.9 Å². The van der Waals surface area contributed by atoms with Crippen molar-refractivity contribution in [1.82, 2.24) is 15.1 Å². The fourth-order valence-electron chi connectivity index (χ4n) is 5.88. The molecule has 46 heavy (non-hydrogen) atoms. The van der Waals surface area contributed by atoms with Gasteiger partial charge in [-0.2, -0.15) is 0 Å². The number of morpholine rings is 1. The fraction of sp³-hybridized carbons (Fsp3) is 0.312. The molecule has 0 saturated carbocycles. The van der Waals surface area contributed by atoms with Crippen LogP contribution >= 0.6 is 0 Å². The van der Waals surface area contributed by atoms with Crippen LogP contribution in [0.3, 0.4) is 0 Å². The maximum absolute atomic E-state index is 15.4. The van der Waals surface area contributed by atoms with Crippen LogP contribution in [0.15, 0.2) is 83.8 Å². The summed E-state index contributed by atoms with van der Waals surface area (Å²) in [5.74, 6) is -3.08. The zero-order chi connectivity index (χ0) is 32.8. The van der Waals surface area contributed by atoms with Crippen molar-refractivity contribution in [2.24, 2.45) is 0 Å². The van der Waals surface area contributed by atoms with Gasteiger partial charge in [0, 0.05) is 24.3 Å². The Labute approximate surface area is 265 Å². The first-order valence-electron chi connectivity index (χ1n) is 14.6. The highest BCUT2D eigenvalue weighted by atomic mass is 32.2. The van der Waals surface area contributed by atoms with Crippen LogP contribution in [0.5, 0.6) is 0 Å². The Morgan fingerprint density at radius 2 is 1.63 bits per heavy atom. The van der Waals surface area contributed by atoms with Gasteiger partial charge in [-0.05, 0) is 42.3 Å². The van der Waals surface area contributed by atoms with Gasteiger partial charge in [0.2, 0.25) is 11.8 Å². The number of amides is 4. The second kappa shape index (κ2) is 14.1. The van der Waals surface area contributed by atoms with E-state index in [0.717, 1.165) is 11.0 Å². The lowest BCUT2D eigenvalue weighted by Crippen LogP contribution is -2.53. The third-order valence-electron chi connectivity index (χ3n) is 7.97. The number of anilines is 1. The Morgan fingerprint density at radius 1 is 0.935 bits per heavy atom. The first-order chi connectivity index (χ1) is 22.1. The highest BCUT2D eigenvalue weighted by molar-refractivity contribution is 7.92. The summed E-state index contributed by atoms with van der Waals surface area (Å²) in [6, 6.07) is 15.8. The third kappa shape index (κ3) is 7.18. The lowest BCUT2D eigenvalue weighted by molar-refractivity contribution is -0.147. The molecule has 4 amide bonds. The smallest absolute Gasteiger partial charge is 0.319 e. The molecule has 12 nitrogen and oxygen atoms in total. The van der Waals surface area contributed by atoms with Crippen molar-refractivity contribution in [3.05, 3.63) is 95.8 Å². The SMILES string of the molecule is O=C(O)Cc1cccc(NC(=O)NCC(=O)N2C(C(=O)N3CCOCC3)CC(S(=O)(=O)c3ccccc3)C2c2ccccc2F)c1. The van der Waals surface area contributed by atoms with Crippen molar-refractivity contribution >= 4 is 39.3 Å². The molecule has 242 valence electrons. The molecule has 0 spiro atoms. The third-order valence-corrected chi connectivity index (χ3v) is 10.2. The van der Waals surface area contributed by atoms with Crippen molar-refractivity contribution in [1.29, 1.82) is 0 Å². The van der Waals surface area contributed by atoms with Crippen molar-refractivity contribution in [2.75, 3.05) is 38.2 Å². The highest BCUT2D eigenvalue weighted by Gasteiger charge is 2.54. The summed E-state index contributed by atoms with van der Waals surface area (Å²) in [5.41, 5.74) is 0.655. The quantitative estimate of drug-likeness (QED) is 0.318. The predicted molar refractivity (Wildman–Crippen MR) is 164 cm³/mol. The number of aliphatic carboxylic acids is 1. The minimum absolute atomic E-state index is 0.0316. The van der Waals surface area contributed by atoms with Crippen LogP contribution in [0.25, 0.3) is 0 Å². The van der Waals surface area contributed by atoms with Crippen LogP contribution in [0.2, 0.25) is 0 Å². The number of carbonyl (C=O) groups excluding carboxylic acids is 3. The van der Waals surface area contributed by atoms with Gasteiger partial charge in [0.15, 0.2) is 9.84 Å². The number of sulfone groups is 1. The van der Waals surface area contributed by atoms with E-state index in [1.807, 2.05) is 0 Å². The van der Waals surface area contributed by atoms with Crippen LogP contribution in [0, 0.1) is 5.82 Å². The summed E-state index contributed by atoms with van der Waals surface area (Å²) < 4.78 is 49.0. The van der Waals surface area contributed by atoms with Crippen molar-refractivity contribution < 1.29 is 41.8 Å². The van der Waals surface area contributed by atoms with Crippen molar-refractivity contribution in [3.8, 4) is 0 Å². The largest absolute Gasteiger partial charge is 0.481 e. The number of carboxylic acids is 1. The molecule has 3 atom stereocenters. The van der Waals surface area contributed by atoms with E-state index < -0.39 is 63.3 Å². The Bertz CT molecular complexity index is 1720. The molecule has 3 aromatic rings. The average Bonchev–Trinajstić information content (AvgIpc) is 3.45. The highest BCUT2D eigenvalue weighted by Crippen LogP contribution is 2.44. The molecule has 2 heterocycles. The van der Waals surface area contributed by atoms with Gasteiger partial charge in [-0.1, -0.05) is 48.5 Å². The summed E-state index contributed by atoms with van der Waals surface area (Å²) >= 11 is 0. The van der Waals surface area contributed by atoms with E-state index in [0.29, 0.717) is 5.56 Å². The number of nitrogens with one attached hydrogen (secondary N) is 2. The van der Waals surface area contributed by atoms with Gasteiger partial charge >= 0.3 is 12.0 Å². The second-order valence-electron chi connectivity index (χ2n) is 10.9. The Kier molecular flexibility index (Phi) is 9.97. The molecule has 2 saturated heterocycles. The van der Waals surface area contributed by atoms with E-state index in [4.69, 9.17) is 9.84 Å². The number of urea groups is 1. The van der Waals surface area contributed by atoms with E-state index in [-0.39, 0.29) is 55.3 Å². The molecule has 2 aliphatic rings. The summed E-state index contributed by atoms with van der Waals surface area (Å²) in [6.45, 7) is 0.365. The van der Waals surface area contributed by atoms with Crippen LogP contribution in [-0.4, -0.2) is 91.3 Å². The first kappa shape index (κ1) is 32.6. The molecule has 3 N–H and O–H groups in total. The lowest BCUT2D eigenvalue weighted by Gasteiger charge is -2.35. The molecule has 2 aliphatic heterocycles. The number of rotatable bonds is 9. The minimum atomic E-state index is -4.20. The van der Waals surface area contributed by atoms with E-state index in [1.54, 1.807) is 30.3 Å². The molecule has 0 bridgehead atoms. The number of benzene rings is 3. The van der Waals surface area contributed by atoms with E-state index in [2.05, 4.69) is 10.6 Å². The summed E-state index contributed by atoms with van der Waals surface area (Å²) in [5, 5.41) is 12.6. The van der Waals surface area contributed by atoms with Crippen molar-refractivity contribution in [2.45, 2.75) is 35.1 Å². The predicted octanol–water partition coefficient (Wildman–Crippen LogP) is 2.62. The Balaban J connectivity index is 1.46.